The van der Waals surface area contributed by atoms with Crippen LogP contribution in [0.3, 0.4) is 0 Å². The van der Waals surface area contributed by atoms with Gasteiger partial charge in [0.1, 0.15) is 5.75 Å². The minimum atomic E-state index is -0.214. The molecule has 0 unspecified atom stereocenters. The maximum atomic E-state index is 12.8. The van der Waals surface area contributed by atoms with Gasteiger partial charge in [-0.25, -0.2) is 4.79 Å². The number of nitrogens with zero attached hydrogens (tertiary/aromatic N) is 1. The maximum Gasteiger partial charge on any atom is 0.319 e. The summed E-state index contributed by atoms with van der Waals surface area (Å²) in [6.07, 6.45) is 3.28. The molecule has 0 spiro atoms. The predicted octanol–water partition coefficient (Wildman–Crippen LogP) is 6.49. The normalized spacial score (nSPS) is 16.3. The number of methoxy groups -OCH3 is 1. The summed E-state index contributed by atoms with van der Waals surface area (Å²) in [5.41, 5.74) is 1.83. The second kappa shape index (κ2) is 11.5. The van der Waals surface area contributed by atoms with Gasteiger partial charge >= 0.3 is 6.03 Å². The lowest BCUT2D eigenvalue weighted by Gasteiger charge is -2.39. The number of para-hydroxylation sites is 2. The van der Waals surface area contributed by atoms with Crippen LogP contribution in [-0.2, 0) is 6.42 Å². The molecule has 3 rings (SSSR count). The van der Waals surface area contributed by atoms with Gasteiger partial charge in [-0.05, 0) is 73.5 Å². The zero-order valence-corrected chi connectivity index (χ0v) is 21.5. The van der Waals surface area contributed by atoms with Gasteiger partial charge in [0, 0.05) is 12.6 Å². The number of hydrogen-bond donors (Lipinski definition) is 2. The molecule has 0 aromatic heterocycles. The van der Waals surface area contributed by atoms with Crippen molar-refractivity contribution in [1.29, 1.82) is 0 Å². The van der Waals surface area contributed by atoms with E-state index in [0.29, 0.717) is 27.4 Å². The van der Waals surface area contributed by atoms with E-state index in [1.54, 1.807) is 7.11 Å². The first-order valence-corrected chi connectivity index (χ1v) is 12.3. The highest BCUT2D eigenvalue weighted by molar-refractivity contribution is 6.42. The minimum absolute atomic E-state index is 0.0128. The Bertz CT molecular complexity index is 937. The number of halogens is 2. The molecule has 33 heavy (non-hydrogen) atoms. The predicted molar refractivity (Wildman–Crippen MR) is 138 cm³/mol. The smallest absolute Gasteiger partial charge is 0.319 e. The van der Waals surface area contributed by atoms with E-state index in [4.69, 9.17) is 27.9 Å². The third-order valence-electron chi connectivity index (χ3n) is 6.36. The van der Waals surface area contributed by atoms with Crippen LogP contribution in [0.15, 0.2) is 42.5 Å². The van der Waals surface area contributed by atoms with E-state index in [1.807, 2.05) is 36.4 Å². The van der Waals surface area contributed by atoms with Gasteiger partial charge in [0.2, 0.25) is 0 Å². The van der Waals surface area contributed by atoms with Crippen molar-refractivity contribution in [2.45, 2.75) is 46.1 Å². The van der Waals surface area contributed by atoms with Crippen LogP contribution in [0.4, 0.5) is 10.5 Å². The number of nitrogens with one attached hydrogen (secondary N) is 2. The average molecular weight is 492 g/mol. The summed E-state index contributed by atoms with van der Waals surface area (Å²) >= 11 is 12.2. The molecule has 7 heteroatoms. The van der Waals surface area contributed by atoms with E-state index in [-0.39, 0.29) is 17.5 Å². The summed E-state index contributed by atoms with van der Waals surface area (Å²) in [5.74, 6) is 1.28. The van der Waals surface area contributed by atoms with Crippen molar-refractivity contribution in [3.63, 3.8) is 0 Å². The van der Waals surface area contributed by atoms with Crippen LogP contribution in [0, 0.1) is 11.3 Å². The van der Waals surface area contributed by atoms with Crippen molar-refractivity contribution in [3.8, 4) is 5.75 Å². The fourth-order valence-corrected chi connectivity index (χ4v) is 4.55. The lowest BCUT2D eigenvalue weighted by atomic mass is 9.85. The van der Waals surface area contributed by atoms with Gasteiger partial charge in [0.25, 0.3) is 0 Å². The Balaban J connectivity index is 1.53. The number of carbonyl (C=O) groups is 1. The summed E-state index contributed by atoms with van der Waals surface area (Å²) in [4.78, 5) is 15.2. The molecule has 2 aromatic rings. The van der Waals surface area contributed by atoms with Gasteiger partial charge in [-0.1, -0.05) is 62.2 Å². The SMILES string of the molecule is COc1ccccc1NC(=O)N[C@@H](CN1CCC(Cc2ccc(Cl)c(Cl)c2)CC1)C(C)(C)C. The number of amides is 2. The molecular weight excluding hydrogens is 457 g/mol. The number of piperidine rings is 1. The van der Waals surface area contributed by atoms with Crippen LogP contribution in [-0.4, -0.2) is 43.7 Å². The number of rotatable bonds is 7. The molecule has 1 heterocycles. The molecule has 1 saturated heterocycles. The minimum Gasteiger partial charge on any atom is -0.495 e. The Morgan fingerprint density at radius 2 is 1.82 bits per heavy atom. The second-order valence-corrected chi connectivity index (χ2v) is 10.7. The van der Waals surface area contributed by atoms with Crippen LogP contribution in [0.1, 0.15) is 39.2 Å². The van der Waals surface area contributed by atoms with Gasteiger partial charge in [-0.2, -0.15) is 0 Å². The van der Waals surface area contributed by atoms with Crippen LogP contribution in [0.25, 0.3) is 0 Å². The molecule has 1 aliphatic heterocycles. The molecule has 2 N–H and O–H groups in total. The lowest BCUT2D eigenvalue weighted by molar-refractivity contribution is 0.135. The average Bonchev–Trinajstić information content (AvgIpc) is 2.77. The van der Waals surface area contributed by atoms with Crippen molar-refractivity contribution in [1.82, 2.24) is 10.2 Å². The largest absolute Gasteiger partial charge is 0.495 e. The summed E-state index contributed by atoms with van der Waals surface area (Å²) in [6.45, 7) is 9.36. The Morgan fingerprint density at radius 3 is 2.45 bits per heavy atom. The highest BCUT2D eigenvalue weighted by atomic mass is 35.5. The quantitative estimate of drug-likeness (QED) is 0.464. The van der Waals surface area contributed by atoms with Gasteiger partial charge in [-0.15, -0.1) is 0 Å². The van der Waals surface area contributed by atoms with Crippen molar-refractivity contribution < 1.29 is 9.53 Å². The first-order chi connectivity index (χ1) is 15.7. The zero-order valence-electron chi connectivity index (χ0n) is 20.0. The monoisotopic (exact) mass is 491 g/mol. The van der Waals surface area contributed by atoms with Crippen LogP contribution in [0.5, 0.6) is 5.75 Å². The fraction of sp³-hybridized carbons (Fsp3) is 0.500. The summed E-state index contributed by atoms with van der Waals surface area (Å²) in [5, 5.41) is 7.35. The molecular formula is C26H35Cl2N3O2. The van der Waals surface area contributed by atoms with Crippen molar-refractivity contribution >= 4 is 34.9 Å². The lowest BCUT2D eigenvalue weighted by Crippen LogP contribution is -2.53. The Hall–Kier alpha value is -1.95. The number of anilines is 1. The molecule has 0 bridgehead atoms. The number of hydrogen-bond acceptors (Lipinski definition) is 3. The van der Waals surface area contributed by atoms with Crippen molar-refractivity contribution in [3.05, 3.63) is 58.1 Å². The summed E-state index contributed by atoms with van der Waals surface area (Å²) < 4.78 is 5.34. The van der Waals surface area contributed by atoms with Gasteiger partial charge in [0.05, 0.1) is 22.8 Å². The molecule has 0 radical (unpaired) electrons. The maximum absolute atomic E-state index is 12.8. The topological polar surface area (TPSA) is 53.6 Å². The fourth-order valence-electron chi connectivity index (χ4n) is 4.23. The van der Waals surface area contributed by atoms with E-state index >= 15 is 0 Å². The number of urea groups is 1. The van der Waals surface area contributed by atoms with E-state index in [1.165, 1.54) is 5.56 Å². The highest BCUT2D eigenvalue weighted by Gasteiger charge is 2.30. The molecule has 1 aliphatic rings. The van der Waals surface area contributed by atoms with E-state index < -0.39 is 0 Å². The van der Waals surface area contributed by atoms with Gasteiger partial charge in [0.15, 0.2) is 0 Å². The number of benzene rings is 2. The van der Waals surface area contributed by atoms with Crippen LogP contribution in [0.2, 0.25) is 10.0 Å². The molecule has 0 aliphatic carbocycles. The van der Waals surface area contributed by atoms with E-state index in [2.05, 4.69) is 42.4 Å². The first kappa shape index (κ1) is 25.7. The van der Waals surface area contributed by atoms with Crippen LogP contribution >= 0.6 is 23.2 Å². The third kappa shape index (κ3) is 7.53. The molecule has 1 fully saturated rings. The summed E-state index contributed by atoms with van der Waals surface area (Å²) in [6, 6.07) is 13.2. The first-order valence-electron chi connectivity index (χ1n) is 11.5. The van der Waals surface area contributed by atoms with E-state index in [0.717, 1.165) is 38.9 Å². The molecule has 2 amide bonds. The molecule has 1 atom stereocenters. The summed E-state index contributed by atoms with van der Waals surface area (Å²) in [7, 11) is 1.60. The van der Waals surface area contributed by atoms with Crippen molar-refractivity contribution in [2.24, 2.45) is 11.3 Å². The van der Waals surface area contributed by atoms with Gasteiger partial charge in [-0.3, -0.25) is 0 Å². The number of ether oxygens (including phenoxy) is 1. The van der Waals surface area contributed by atoms with Gasteiger partial charge < -0.3 is 20.3 Å². The van der Waals surface area contributed by atoms with Crippen LogP contribution < -0.4 is 15.4 Å². The zero-order chi connectivity index (χ0) is 24.0. The standard InChI is InChI=1S/C26H35Cl2N3O2/c1-26(2,3)24(30-25(32)29-22-7-5-6-8-23(22)33-4)17-31-13-11-18(12-14-31)15-19-9-10-20(27)21(28)16-19/h5-10,16,18,24H,11-15,17H2,1-4H3,(H2,29,30,32)/t24-/m0/s1. The molecule has 0 saturated carbocycles. The Morgan fingerprint density at radius 1 is 1.12 bits per heavy atom. The highest BCUT2D eigenvalue weighted by Crippen LogP contribution is 2.28. The Labute approximate surface area is 207 Å². The molecule has 2 aromatic carbocycles. The molecule has 5 nitrogen and oxygen atoms in total. The van der Waals surface area contributed by atoms with E-state index in [9.17, 15) is 4.79 Å². The molecule has 180 valence electrons. The third-order valence-corrected chi connectivity index (χ3v) is 7.10. The second-order valence-electron chi connectivity index (χ2n) is 9.91. The number of carbonyl (C=O) groups excluding carboxylic acids is 1. The number of likely N-dealkylation sites (tertiary alicyclic amines) is 1. The van der Waals surface area contributed by atoms with Crippen molar-refractivity contribution in [2.75, 3.05) is 32.1 Å². The Kier molecular flexibility index (Phi) is 8.91.